The van der Waals surface area contributed by atoms with E-state index in [4.69, 9.17) is 23.9 Å². The van der Waals surface area contributed by atoms with Crippen molar-refractivity contribution < 1.29 is 23.7 Å². The first-order valence-electron chi connectivity index (χ1n) is 12.4. The number of allylic oxidation sites excluding steroid dienone is 2. The lowest BCUT2D eigenvalue weighted by Crippen LogP contribution is -2.37. The molecule has 9 heteroatoms. The first-order chi connectivity index (χ1) is 16.6. The summed E-state index contributed by atoms with van der Waals surface area (Å²) in [5.74, 6) is 1.88. The minimum absolute atomic E-state index is 0.0686. The van der Waals surface area contributed by atoms with Crippen LogP contribution in [0.15, 0.2) is 24.4 Å². The maximum absolute atomic E-state index is 11.9. The molecule has 3 unspecified atom stereocenters. The summed E-state index contributed by atoms with van der Waals surface area (Å²) in [5, 5.41) is 3.51. The molecule has 1 aromatic rings. The Morgan fingerprint density at radius 3 is 2.74 bits per heavy atom. The molecule has 2 aliphatic heterocycles. The van der Waals surface area contributed by atoms with Crippen LogP contribution in [-0.2, 0) is 14.2 Å². The lowest BCUT2D eigenvalue weighted by Gasteiger charge is -2.31. The van der Waals surface area contributed by atoms with Crippen molar-refractivity contribution in [3.05, 3.63) is 30.0 Å². The first kappa shape index (κ1) is 23.1. The lowest BCUT2D eigenvalue weighted by atomic mass is 9.87. The molecule has 2 aliphatic carbocycles. The van der Waals surface area contributed by atoms with E-state index >= 15 is 0 Å². The van der Waals surface area contributed by atoms with Gasteiger partial charge in [0, 0.05) is 25.2 Å². The molecule has 0 radical (unpaired) electrons. The van der Waals surface area contributed by atoms with E-state index in [0.717, 1.165) is 36.3 Å². The van der Waals surface area contributed by atoms with Crippen molar-refractivity contribution in [2.75, 3.05) is 38.7 Å². The van der Waals surface area contributed by atoms with Crippen LogP contribution in [0.1, 0.15) is 44.6 Å². The molecule has 9 nitrogen and oxygen atoms in total. The predicted molar refractivity (Wildman–Crippen MR) is 127 cm³/mol. The maximum Gasteiger partial charge on any atom is 0.409 e. The molecule has 1 saturated carbocycles. The zero-order chi connectivity index (χ0) is 23.5. The third-order valence-electron chi connectivity index (χ3n) is 7.11. The van der Waals surface area contributed by atoms with Crippen molar-refractivity contribution >= 4 is 17.6 Å². The maximum atomic E-state index is 11.9. The van der Waals surface area contributed by atoms with Crippen molar-refractivity contribution in [3.63, 3.8) is 0 Å². The van der Waals surface area contributed by atoms with Crippen molar-refractivity contribution in [3.8, 4) is 5.88 Å². The van der Waals surface area contributed by atoms with Crippen LogP contribution in [0, 0.1) is 5.92 Å². The monoisotopic (exact) mass is 470 g/mol. The molecule has 3 atom stereocenters. The van der Waals surface area contributed by atoms with Gasteiger partial charge in [0.25, 0.3) is 0 Å². The average molecular weight is 471 g/mol. The van der Waals surface area contributed by atoms with Crippen LogP contribution in [0.5, 0.6) is 5.88 Å². The molecule has 0 spiro atoms. The average Bonchev–Trinajstić information content (AvgIpc) is 3.33. The van der Waals surface area contributed by atoms with Gasteiger partial charge in [0.1, 0.15) is 18.3 Å². The third kappa shape index (κ3) is 5.20. The molecule has 1 N–H and O–H groups in total. The second-order valence-electron chi connectivity index (χ2n) is 9.61. The fourth-order valence-corrected chi connectivity index (χ4v) is 5.06. The van der Waals surface area contributed by atoms with E-state index in [0.29, 0.717) is 44.2 Å². The Labute approximate surface area is 200 Å². The number of hydrogen-bond acceptors (Lipinski definition) is 8. The van der Waals surface area contributed by atoms with Crippen LogP contribution in [0.4, 0.5) is 10.7 Å². The molecule has 3 fully saturated rings. The number of anilines is 1. The van der Waals surface area contributed by atoms with Crippen molar-refractivity contribution in [2.24, 2.45) is 5.92 Å². The molecule has 3 heterocycles. The third-order valence-corrected chi connectivity index (χ3v) is 7.11. The Bertz CT molecular complexity index is 943. The van der Waals surface area contributed by atoms with Gasteiger partial charge in [0.2, 0.25) is 11.8 Å². The highest BCUT2D eigenvalue weighted by atomic mass is 16.6. The minimum atomic E-state index is -0.332. The number of rotatable bonds is 5. The number of aromatic nitrogens is 2. The van der Waals surface area contributed by atoms with E-state index in [1.54, 1.807) is 4.90 Å². The van der Waals surface area contributed by atoms with E-state index in [-0.39, 0.29) is 24.4 Å². The van der Waals surface area contributed by atoms with E-state index in [1.165, 1.54) is 20.0 Å². The Kier molecular flexibility index (Phi) is 7.01. The Morgan fingerprint density at radius 1 is 1.15 bits per heavy atom. The van der Waals surface area contributed by atoms with Gasteiger partial charge in [-0.15, -0.1) is 0 Å². The van der Waals surface area contributed by atoms with Gasteiger partial charge in [0.15, 0.2) is 0 Å². The molecule has 1 aromatic heterocycles. The largest absolute Gasteiger partial charge is 0.472 e. The van der Waals surface area contributed by atoms with Gasteiger partial charge in [-0.2, -0.15) is 4.98 Å². The van der Waals surface area contributed by atoms with E-state index in [2.05, 4.69) is 23.3 Å². The zero-order valence-corrected chi connectivity index (χ0v) is 19.9. The molecule has 1 amide bonds. The number of ether oxygens (including phenoxy) is 4. The molecule has 0 bridgehead atoms. The SMILES string of the molecule is COC(=O)N1CCC(Oc2nc(NC3CCC(C)CC3)ncc2C2=CC3OCCOC3C=C2)C1. The molecule has 0 aromatic carbocycles. The lowest BCUT2D eigenvalue weighted by molar-refractivity contribution is -0.101. The molecule has 34 heavy (non-hydrogen) atoms. The number of carbonyl (C=O) groups is 1. The van der Waals surface area contributed by atoms with Crippen molar-refractivity contribution in [1.82, 2.24) is 14.9 Å². The Hall–Kier alpha value is -2.65. The number of likely N-dealkylation sites (tertiary alicyclic amines) is 1. The summed E-state index contributed by atoms with van der Waals surface area (Å²) in [6, 6.07) is 0.374. The molecule has 5 rings (SSSR count). The number of methoxy groups -OCH3 is 1. The quantitative estimate of drug-likeness (QED) is 0.700. The second-order valence-corrected chi connectivity index (χ2v) is 9.61. The Morgan fingerprint density at radius 2 is 1.94 bits per heavy atom. The van der Waals surface area contributed by atoms with Crippen LogP contribution < -0.4 is 10.1 Å². The van der Waals surface area contributed by atoms with Crippen LogP contribution in [-0.4, -0.2) is 78.7 Å². The predicted octanol–water partition coefficient (Wildman–Crippen LogP) is 3.42. The number of hydrogen-bond donors (Lipinski definition) is 1. The topological polar surface area (TPSA) is 95.0 Å². The van der Waals surface area contributed by atoms with E-state index < -0.39 is 0 Å². The molecule has 4 aliphatic rings. The molecule has 2 saturated heterocycles. The fourth-order valence-electron chi connectivity index (χ4n) is 5.06. The number of amides is 1. The first-order valence-corrected chi connectivity index (χ1v) is 12.4. The van der Waals surface area contributed by atoms with E-state index in [1.807, 2.05) is 18.3 Å². The fraction of sp³-hybridized carbons (Fsp3) is 0.640. The summed E-state index contributed by atoms with van der Waals surface area (Å²) in [6.45, 7) is 4.55. The van der Waals surface area contributed by atoms with Gasteiger partial charge in [0.05, 0.1) is 32.4 Å². The number of nitrogens with one attached hydrogen (secondary N) is 1. The molecular formula is C25H34N4O5. The number of fused-ring (bicyclic) bond motifs is 1. The molecular weight excluding hydrogens is 436 g/mol. The summed E-state index contributed by atoms with van der Waals surface area (Å²) in [5.41, 5.74) is 1.76. The Balaban J connectivity index is 1.37. The van der Waals surface area contributed by atoms with Gasteiger partial charge in [-0.1, -0.05) is 19.1 Å². The smallest absolute Gasteiger partial charge is 0.409 e. The zero-order valence-electron chi connectivity index (χ0n) is 19.9. The van der Waals surface area contributed by atoms with Crippen LogP contribution in [0.3, 0.4) is 0 Å². The number of nitrogens with zero attached hydrogens (tertiary/aromatic N) is 3. The van der Waals surface area contributed by atoms with Gasteiger partial charge in [-0.25, -0.2) is 9.78 Å². The number of carbonyl (C=O) groups excluding carboxylic acids is 1. The molecule has 184 valence electrons. The van der Waals surface area contributed by atoms with Gasteiger partial charge >= 0.3 is 6.09 Å². The van der Waals surface area contributed by atoms with Crippen LogP contribution in [0.2, 0.25) is 0 Å². The van der Waals surface area contributed by atoms with Gasteiger partial charge in [-0.05, 0) is 43.3 Å². The van der Waals surface area contributed by atoms with Gasteiger partial charge in [-0.3, -0.25) is 0 Å². The minimum Gasteiger partial charge on any atom is -0.472 e. The van der Waals surface area contributed by atoms with Crippen LogP contribution >= 0.6 is 0 Å². The highest BCUT2D eigenvalue weighted by Crippen LogP contribution is 2.33. The summed E-state index contributed by atoms with van der Waals surface area (Å²) in [7, 11) is 1.40. The summed E-state index contributed by atoms with van der Waals surface area (Å²) in [6.07, 6.45) is 12.6. The second kappa shape index (κ2) is 10.3. The standard InChI is InChI=1S/C25H34N4O5/c1-16-3-6-18(7-4-16)27-24-26-14-20(17-5-8-21-22(13-17)33-12-11-32-21)23(28-24)34-19-9-10-29(15-19)25(30)31-2/h5,8,13-14,16,18-19,21-22H,3-4,6-7,9-12,15H2,1-2H3,(H,26,27,28). The van der Waals surface area contributed by atoms with Gasteiger partial charge < -0.3 is 29.2 Å². The normalized spacial score (nSPS) is 30.9. The summed E-state index contributed by atoms with van der Waals surface area (Å²) in [4.78, 5) is 23.0. The summed E-state index contributed by atoms with van der Waals surface area (Å²) < 4.78 is 22.9. The van der Waals surface area contributed by atoms with Crippen molar-refractivity contribution in [2.45, 2.75) is 63.4 Å². The van der Waals surface area contributed by atoms with Crippen LogP contribution in [0.25, 0.3) is 5.57 Å². The highest BCUT2D eigenvalue weighted by Gasteiger charge is 2.31. The highest BCUT2D eigenvalue weighted by molar-refractivity contribution is 5.78. The van der Waals surface area contributed by atoms with E-state index in [9.17, 15) is 4.79 Å². The summed E-state index contributed by atoms with van der Waals surface area (Å²) >= 11 is 0. The van der Waals surface area contributed by atoms with Crippen molar-refractivity contribution in [1.29, 1.82) is 0 Å².